The topological polar surface area (TPSA) is 67.5 Å². The van der Waals surface area contributed by atoms with Crippen LogP contribution >= 0.6 is 0 Å². The van der Waals surface area contributed by atoms with Gasteiger partial charge in [-0.25, -0.2) is 5.43 Å². The van der Waals surface area contributed by atoms with Crippen molar-refractivity contribution in [1.29, 1.82) is 0 Å². The van der Waals surface area contributed by atoms with Crippen molar-refractivity contribution in [3.05, 3.63) is 65.4 Å². The number of carbonyl (C=O) groups is 1. The van der Waals surface area contributed by atoms with Crippen molar-refractivity contribution < 1.29 is 9.32 Å². The number of nitrogens with one attached hydrogen (secondary N) is 1. The zero-order valence-corrected chi connectivity index (χ0v) is 12.1. The largest absolute Gasteiger partial charge is 0.356 e. The minimum atomic E-state index is -0.234. The third-order valence-electron chi connectivity index (χ3n) is 3.26. The lowest BCUT2D eigenvalue weighted by molar-refractivity contribution is -0.120. The van der Waals surface area contributed by atoms with Gasteiger partial charge in [-0.05, 0) is 24.6 Å². The maximum Gasteiger partial charge on any atom is 0.246 e. The number of fused-ring (bicyclic) bond motifs is 1. The van der Waals surface area contributed by atoms with Crippen LogP contribution in [-0.2, 0) is 11.2 Å². The van der Waals surface area contributed by atoms with Crippen LogP contribution < -0.4 is 5.43 Å². The number of para-hydroxylation sites is 1. The van der Waals surface area contributed by atoms with Gasteiger partial charge in [0.1, 0.15) is 5.69 Å². The monoisotopic (exact) mass is 293 g/mol. The van der Waals surface area contributed by atoms with E-state index in [1.165, 1.54) is 5.56 Å². The highest BCUT2D eigenvalue weighted by Gasteiger charge is 2.11. The Bertz CT molecular complexity index is 819. The number of hydrazone groups is 1. The number of nitrogens with zero attached hydrogens (tertiary/aromatic N) is 2. The molecular weight excluding hydrogens is 278 g/mol. The number of hydrogen-bond donors (Lipinski definition) is 1. The van der Waals surface area contributed by atoms with Gasteiger partial charge < -0.3 is 4.52 Å². The van der Waals surface area contributed by atoms with Gasteiger partial charge in [0, 0.05) is 5.39 Å². The van der Waals surface area contributed by atoms with Crippen molar-refractivity contribution in [1.82, 2.24) is 10.6 Å². The molecule has 1 N–H and O–H groups in total. The molecule has 0 fully saturated rings. The first-order chi connectivity index (χ1) is 10.7. The lowest BCUT2D eigenvalue weighted by Gasteiger charge is -1.98. The second-order valence-electron chi connectivity index (χ2n) is 5.01. The van der Waals surface area contributed by atoms with Crippen molar-refractivity contribution >= 4 is 23.1 Å². The minimum Gasteiger partial charge on any atom is -0.356 e. The number of aromatic nitrogens is 1. The van der Waals surface area contributed by atoms with Crippen molar-refractivity contribution in [3.8, 4) is 0 Å². The molecule has 110 valence electrons. The summed E-state index contributed by atoms with van der Waals surface area (Å²) in [7, 11) is 0. The van der Waals surface area contributed by atoms with E-state index in [9.17, 15) is 4.79 Å². The number of hydrogen-bond acceptors (Lipinski definition) is 4. The van der Waals surface area contributed by atoms with Gasteiger partial charge in [0.25, 0.3) is 0 Å². The van der Waals surface area contributed by atoms with Crippen LogP contribution in [0.2, 0.25) is 0 Å². The predicted molar refractivity (Wildman–Crippen MR) is 84.6 cm³/mol. The highest BCUT2D eigenvalue weighted by atomic mass is 16.5. The van der Waals surface area contributed by atoms with Crippen molar-refractivity contribution in [2.75, 3.05) is 0 Å². The number of carbonyl (C=O) groups excluding carboxylic acids is 1. The molecule has 0 aliphatic heterocycles. The zero-order chi connectivity index (χ0) is 15.4. The first-order valence-corrected chi connectivity index (χ1v) is 6.94. The normalized spacial score (nSPS) is 11.1. The Hall–Kier alpha value is -2.95. The van der Waals surface area contributed by atoms with E-state index in [4.69, 9.17) is 4.52 Å². The van der Waals surface area contributed by atoms with E-state index < -0.39 is 0 Å². The number of rotatable bonds is 4. The summed E-state index contributed by atoms with van der Waals surface area (Å²) < 4.78 is 5.17. The molecule has 2 aromatic carbocycles. The predicted octanol–water partition coefficient (Wildman–Crippen LogP) is 2.83. The van der Waals surface area contributed by atoms with E-state index >= 15 is 0 Å². The summed E-state index contributed by atoms with van der Waals surface area (Å²) in [5.74, 6) is -0.234. The summed E-state index contributed by atoms with van der Waals surface area (Å²) in [5.41, 5.74) is 5.89. The maximum atomic E-state index is 11.9. The van der Waals surface area contributed by atoms with Crippen molar-refractivity contribution in [3.63, 3.8) is 0 Å². The molecular formula is C17H15N3O2. The third kappa shape index (κ3) is 3.20. The Morgan fingerprint density at radius 1 is 1.23 bits per heavy atom. The summed E-state index contributed by atoms with van der Waals surface area (Å²) >= 11 is 0. The summed E-state index contributed by atoms with van der Waals surface area (Å²) in [6.07, 6.45) is 1.74. The Morgan fingerprint density at radius 3 is 2.82 bits per heavy atom. The molecule has 0 saturated heterocycles. The van der Waals surface area contributed by atoms with Gasteiger partial charge in [0.15, 0.2) is 5.58 Å². The Morgan fingerprint density at radius 2 is 2.00 bits per heavy atom. The fraction of sp³-hybridized carbons (Fsp3) is 0.118. The molecule has 0 aliphatic carbocycles. The van der Waals surface area contributed by atoms with Crippen LogP contribution in [0.1, 0.15) is 16.8 Å². The lowest BCUT2D eigenvalue weighted by Crippen LogP contribution is -2.20. The third-order valence-corrected chi connectivity index (χ3v) is 3.26. The molecule has 1 amide bonds. The smallest absolute Gasteiger partial charge is 0.246 e. The number of benzene rings is 2. The molecule has 3 aromatic rings. The molecule has 22 heavy (non-hydrogen) atoms. The Balaban J connectivity index is 1.62. The first-order valence-electron chi connectivity index (χ1n) is 6.94. The molecule has 0 radical (unpaired) electrons. The van der Waals surface area contributed by atoms with Crippen LogP contribution in [0.3, 0.4) is 0 Å². The molecule has 3 rings (SSSR count). The Labute approximate surface area is 127 Å². The van der Waals surface area contributed by atoms with Crippen LogP contribution in [0.25, 0.3) is 11.0 Å². The number of aryl methyl sites for hydroxylation is 1. The molecule has 0 saturated carbocycles. The van der Waals surface area contributed by atoms with Gasteiger partial charge >= 0.3 is 0 Å². The van der Waals surface area contributed by atoms with E-state index in [1.807, 2.05) is 55.5 Å². The fourth-order valence-corrected chi connectivity index (χ4v) is 2.09. The van der Waals surface area contributed by atoms with E-state index in [1.54, 1.807) is 6.21 Å². The van der Waals surface area contributed by atoms with Gasteiger partial charge in [0.2, 0.25) is 5.91 Å². The Kier molecular flexibility index (Phi) is 3.96. The van der Waals surface area contributed by atoms with Crippen LogP contribution in [-0.4, -0.2) is 17.3 Å². The van der Waals surface area contributed by atoms with Crippen LogP contribution in [0.5, 0.6) is 0 Å². The molecule has 0 atom stereocenters. The summed E-state index contributed by atoms with van der Waals surface area (Å²) in [6.45, 7) is 2.02. The standard InChI is InChI=1S/C17H15N3O2/c1-12-6-8-13(9-7-12)11-18-19-17(21)10-15-14-4-2-3-5-16(14)22-20-15/h2-9,11H,10H2,1H3,(H,19,21). The second-order valence-corrected chi connectivity index (χ2v) is 5.01. The van der Waals surface area contributed by atoms with E-state index in [0.717, 1.165) is 10.9 Å². The molecule has 0 bridgehead atoms. The van der Waals surface area contributed by atoms with E-state index in [2.05, 4.69) is 15.7 Å². The SMILES string of the molecule is Cc1ccc(C=NNC(=O)Cc2noc3ccccc23)cc1. The van der Waals surface area contributed by atoms with Gasteiger partial charge in [-0.1, -0.05) is 47.1 Å². The van der Waals surface area contributed by atoms with Crippen LogP contribution in [0, 0.1) is 6.92 Å². The zero-order valence-electron chi connectivity index (χ0n) is 12.1. The summed E-state index contributed by atoms with van der Waals surface area (Å²) in [4.78, 5) is 11.9. The summed E-state index contributed by atoms with van der Waals surface area (Å²) in [5, 5.41) is 8.72. The molecule has 1 aromatic heterocycles. The molecule has 0 spiro atoms. The second kappa shape index (κ2) is 6.22. The van der Waals surface area contributed by atoms with Gasteiger partial charge in [-0.3, -0.25) is 4.79 Å². The van der Waals surface area contributed by atoms with Crippen molar-refractivity contribution in [2.45, 2.75) is 13.3 Å². The fourth-order valence-electron chi connectivity index (χ4n) is 2.09. The minimum absolute atomic E-state index is 0.127. The molecule has 0 aliphatic rings. The highest BCUT2D eigenvalue weighted by molar-refractivity contribution is 5.87. The maximum absolute atomic E-state index is 11.9. The van der Waals surface area contributed by atoms with E-state index in [0.29, 0.717) is 11.3 Å². The van der Waals surface area contributed by atoms with Crippen LogP contribution in [0.15, 0.2) is 58.2 Å². The lowest BCUT2D eigenvalue weighted by atomic mass is 10.2. The quantitative estimate of drug-likeness (QED) is 0.594. The average molecular weight is 293 g/mol. The molecule has 5 nitrogen and oxygen atoms in total. The number of amides is 1. The van der Waals surface area contributed by atoms with Crippen LogP contribution in [0.4, 0.5) is 0 Å². The molecule has 5 heteroatoms. The van der Waals surface area contributed by atoms with Gasteiger partial charge in [-0.2, -0.15) is 5.10 Å². The average Bonchev–Trinajstić information content (AvgIpc) is 2.93. The summed E-state index contributed by atoms with van der Waals surface area (Å²) in [6, 6.07) is 15.3. The highest BCUT2D eigenvalue weighted by Crippen LogP contribution is 2.17. The van der Waals surface area contributed by atoms with Gasteiger partial charge in [-0.15, -0.1) is 0 Å². The van der Waals surface area contributed by atoms with E-state index in [-0.39, 0.29) is 12.3 Å². The molecule has 0 unspecified atom stereocenters. The molecule has 1 heterocycles. The van der Waals surface area contributed by atoms with Crippen molar-refractivity contribution in [2.24, 2.45) is 5.10 Å². The van der Waals surface area contributed by atoms with Gasteiger partial charge in [0.05, 0.1) is 12.6 Å². The first kappa shape index (κ1) is 14.0.